The van der Waals surface area contributed by atoms with E-state index in [1.165, 1.54) is 15.1 Å². The third-order valence-electron chi connectivity index (χ3n) is 9.95. The normalized spacial score (nSPS) is 13.2. The van der Waals surface area contributed by atoms with Gasteiger partial charge in [-0.05, 0) is 122 Å². The molecule has 1 aromatic heterocycles. The summed E-state index contributed by atoms with van der Waals surface area (Å²) in [6, 6.07) is 23.8. The van der Waals surface area contributed by atoms with Crippen LogP contribution in [0.15, 0.2) is 94.7 Å². The maximum Gasteiger partial charge on any atom is 0.245 e. The Morgan fingerprint density at radius 1 is 0.707 bits per heavy atom. The maximum atomic E-state index is 15.7. The van der Waals surface area contributed by atoms with Gasteiger partial charge in [0.25, 0.3) is 0 Å². The van der Waals surface area contributed by atoms with E-state index in [-0.39, 0.29) is 47.8 Å². The molecular formula is C42H53IN6O7S2. The van der Waals surface area contributed by atoms with E-state index in [2.05, 4.69) is 61.8 Å². The number of hydrogen-bond acceptors (Lipinski definition) is 10. The number of methoxy groups -OCH3 is 3. The smallest absolute Gasteiger partial charge is 0.245 e. The van der Waals surface area contributed by atoms with E-state index in [1.807, 2.05) is 41.6 Å². The highest BCUT2D eigenvalue weighted by Crippen LogP contribution is 2.43. The van der Waals surface area contributed by atoms with E-state index in [0.717, 1.165) is 5.56 Å². The van der Waals surface area contributed by atoms with Gasteiger partial charge < -0.3 is 14.2 Å². The van der Waals surface area contributed by atoms with Crippen LogP contribution in [0, 0.1) is 20.3 Å². The van der Waals surface area contributed by atoms with Crippen molar-refractivity contribution in [1.82, 2.24) is 29.2 Å². The second-order valence-corrected chi connectivity index (χ2v) is 21.1. The lowest BCUT2D eigenvalue weighted by Crippen LogP contribution is -2.48. The zero-order valence-electron chi connectivity index (χ0n) is 34.6. The van der Waals surface area contributed by atoms with Crippen LogP contribution in [-0.4, -0.2) is 68.7 Å². The van der Waals surface area contributed by atoms with E-state index in [9.17, 15) is 8.42 Å². The van der Waals surface area contributed by atoms with E-state index in [4.69, 9.17) is 14.2 Å². The molecule has 0 spiro atoms. The second kappa shape index (κ2) is 18.0. The number of nitrogens with zero attached hydrogens (tertiary/aromatic N) is 5. The molecule has 0 fully saturated rings. The summed E-state index contributed by atoms with van der Waals surface area (Å²) in [5.74, 6) is 1.82. The van der Waals surface area contributed by atoms with Crippen LogP contribution < -0.4 is 18.9 Å². The van der Waals surface area contributed by atoms with Crippen molar-refractivity contribution in [3.05, 3.63) is 105 Å². The molecule has 5 rings (SSSR count). The van der Waals surface area contributed by atoms with Gasteiger partial charge in [-0.1, -0.05) is 77.9 Å². The fraction of sp³-hybridized carbons (Fsp3) is 0.405. The van der Waals surface area contributed by atoms with Crippen molar-refractivity contribution < 1.29 is 31.0 Å². The molecule has 312 valence electrons. The predicted octanol–water partition coefficient (Wildman–Crippen LogP) is 7.79. The highest BCUT2D eigenvalue weighted by Gasteiger charge is 2.42. The minimum Gasteiger partial charge on any atom is -0.497 e. The Morgan fingerprint density at radius 2 is 1.16 bits per heavy atom. The van der Waals surface area contributed by atoms with Crippen LogP contribution in [0.1, 0.15) is 65.2 Å². The standard InChI is InChI=1S/C42H53IN6O7S2/c1-28(39(41(2,3)4)42(5,6)7)45-57(50,51)36-24-23-35(43)37(40-44-46-47-49(40)27-31-15-21-34(56-10)22-16-31)38(36)58(52,53)48(25-29-11-17-32(54-8)18-12-29)26-30-13-19-33(55-9)20-14-30/h11-24,28,39,45H,25-27H2,1-10H3. The van der Waals surface area contributed by atoms with Gasteiger partial charge in [0.05, 0.1) is 33.4 Å². The van der Waals surface area contributed by atoms with Crippen LogP contribution in [0.2, 0.25) is 0 Å². The molecule has 0 saturated heterocycles. The summed E-state index contributed by atoms with van der Waals surface area (Å²) in [6.45, 7) is 14.2. The Morgan fingerprint density at radius 3 is 1.59 bits per heavy atom. The molecule has 0 aliphatic heterocycles. The average molecular weight is 945 g/mol. The molecule has 0 amide bonds. The molecule has 1 N–H and O–H groups in total. The molecule has 16 heteroatoms. The Kier molecular flexibility index (Phi) is 14.0. The van der Waals surface area contributed by atoms with Gasteiger partial charge >= 0.3 is 0 Å². The SMILES string of the molecule is COc1ccc(CN(Cc2ccc(OC)cc2)S(=O)(=O)c2c(S(=O)(=O)NC(C)C(C(C)(C)C)C(C)(C)C)ccc(I)c2-c2nnnn2Cc2ccc(OC)cc2)cc1. The van der Waals surface area contributed by atoms with Crippen LogP contribution >= 0.6 is 22.6 Å². The van der Waals surface area contributed by atoms with E-state index in [1.54, 1.807) is 88.1 Å². The first-order valence-corrected chi connectivity index (χ1v) is 22.7. The fourth-order valence-corrected chi connectivity index (χ4v) is 12.6. The maximum absolute atomic E-state index is 15.7. The van der Waals surface area contributed by atoms with Gasteiger partial charge in [-0.25, -0.2) is 26.2 Å². The van der Waals surface area contributed by atoms with Crippen molar-refractivity contribution in [2.45, 2.75) is 83.9 Å². The molecule has 4 aromatic carbocycles. The Hall–Kier alpha value is -4.10. The predicted molar refractivity (Wildman–Crippen MR) is 233 cm³/mol. The van der Waals surface area contributed by atoms with Crippen molar-refractivity contribution >= 4 is 42.6 Å². The van der Waals surface area contributed by atoms with Crippen LogP contribution in [-0.2, 0) is 39.7 Å². The van der Waals surface area contributed by atoms with Crippen LogP contribution in [0.3, 0.4) is 0 Å². The first-order valence-electron chi connectivity index (χ1n) is 18.7. The molecule has 0 bridgehead atoms. The molecule has 1 atom stereocenters. The van der Waals surface area contributed by atoms with Gasteiger partial charge in [-0.3, -0.25) is 0 Å². The number of nitrogens with one attached hydrogen (secondary N) is 1. The molecule has 58 heavy (non-hydrogen) atoms. The fourth-order valence-electron chi connectivity index (χ4n) is 8.01. The number of benzene rings is 4. The molecule has 0 radical (unpaired) electrons. The Bertz CT molecular complexity index is 2330. The number of hydrogen-bond donors (Lipinski definition) is 1. The number of ether oxygens (including phenoxy) is 3. The number of tetrazole rings is 1. The van der Waals surface area contributed by atoms with Crippen LogP contribution in [0.5, 0.6) is 17.2 Å². The molecule has 1 heterocycles. The van der Waals surface area contributed by atoms with Crippen molar-refractivity contribution in [2.75, 3.05) is 21.3 Å². The van der Waals surface area contributed by atoms with Gasteiger partial charge in [0.2, 0.25) is 20.0 Å². The molecule has 1 unspecified atom stereocenters. The number of rotatable bonds is 16. The number of halogens is 1. The van der Waals surface area contributed by atoms with E-state index >= 15 is 8.42 Å². The lowest BCUT2D eigenvalue weighted by Gasteiger charge is -2.44. The zero-order valence-corrected chi connectivity index (χ0v) is 38.4. The van der Waals surface area contributed by atoms with E-state index < -0.39 is 35.9 Å². The van der Waals surface area contributed by atoms with E-state index in [0.29, 0.717) is 31.9 Å². The van der Waals surface area contributed by atoms with Gasteiger partial charge in [-0.2, -0.15) is 4.31 Å². The third kappa shape index (κ3) is 10.4. The minimum absolute atomic E-state index is 0.0623. The van der Waals surface area contributed by atoms with Crippen LogP contribution in [0.25, 0.3) is 11.4 Å². The van der Waals surface area contributed by atoms with Crippen molar-refractivity contribution in [2.24, 2.45) is 16.7 Å². The Balaban J connectivity index is 1.76. The summed E-state index contributed by atoms with van der Waals surface area (Å²) >= 11 is 2.02. The third-order valence-corrected chi connectivity index (χ3v) is 14.5. The van der Waals surface area contributed by atoms with Crippen molar-refractivity contribution in [3.63, 3.8) is 0 Å². The molecule has 5 aromatic rings. The van der Waals surface area contributed by atoms with Crippen molar-refractivity contribution in [1.29, 1.82) is 0 Å². The average Bonchev–Trinajstić information content (AvgIpc) is 3.61. The molecule has 0 aliphatic rings. The molecule has 0 aliphatic carbocycles. The monoisotopic (exact) mass is 944 g/mol. The van der Waals surface area contributed by atoms with Gasteiger partial charge in [0.15, 0.2) is 5.82 Å². The van der Waals surface area contributed by atoms with Crippen molar-refractivity contribution in [3.8, 4) is 28.6 Å². The summed E-state index contributed by atoms with van der Waals surface area (Å²) in [4.78, 5) is -0.847. The van der Waals surface area contributed by atoms with Gasteiger partial charge in [0.1, 0.15) is 27.0 Å². The second-order valence-electron chi connectivity index (χ2n) is 16.3. The lowest BCUT2D eigenvalue weighted by molar-refractivity contribution is 0.0757. The highest BCUT2D eigenvalue weighted by molar-refractivity contribution is 14.1. The minimum atomic E-state index is -4.71. The first-order chi connectivity index (χ1) is 27.2. The highest BCUT2D eigenvalue weighted by atomic mass is 127. The summed E-state index contributed by atoms with van der Waals surface area (Å²) in [5.41, 5.74) is 1.58. The van der Waals surface area contributed by atoms with Crippen LogP contribution in [0.4, 0.5) is 0 Å². The molecule has 13 nitrogen and oxygen atoms in total. The Labute approximate surface area is 356 Å². The van der Waals surface area contributed by atoms with Gasteiger partial charge in [-0.15, -0.1) is 5.10 Å². The number of sulfonamides is 2. The molecule has 0 saturated carbocycles. The zero-order chi connectivity index (χ0) is 42.6. The largest absolute Gasteiger partial charge is 0.497 e. The molecular weight excluding hydrogens is 892 g/mol. The first kappa shape index (κ1) is 45.0. The summed E-state index contributed by atoms with van der Waals surface area (Å²) in [5, 5.41) is 12.5. The van der Waals surface area contributed by atoms with Gasteiger partial charge in [0, 0.05) is 22.7 Å². The quantitative estimate of drug-likeness (QED) is 0.0971. The summed E-state index contributed by atoms with van der Waals surface area (Å²) < 4.78 is 83.4. The number of aromatic nitrogens is 4. The summed E-state index contributed by atoms with van der Waals surface area (Å²) in [7, 11) is -4.56. The topological polar surface area (TPSA) is 155 Å². The lowest BCUT2D eigenvalue weighted by atomic mass is 9.64. The summed E-state index contributed by atoms with van der Waals surface area (Å²) in [6.07, 6.45) is 0.